The van der Waals surface area contributed by atoms with Crippen LogP contribution in [0.15, 0.2) is 48.0 Å². The van der Waals surface area contributed by atoms with E-state index >= 15 is 0 Å². The summed E-state index contributed by atoms with van der Waals surface area (Å²) in [7, 11) is 0. The first-order valence-electron chi connectivity index (χ1n) is 16.3. The molecule has 0 radical (unpaired) electrons. The molecule has 13 nitrogen and oxygen atoms in total. The number of nitrogens with zero attached hydrogens (tertiary/aromatic N) is 1. The van der Waals surface area contributed by atoms with E-state index in [0.717, 1.165) is 5.56 Å². The molecule has 9 atom stereocenters. The number of amides is 5. The summed E-state index contributed by atoms with van der Waals surface area (Å²) in [6, 6.07) is 2.61. The SMILES string of the molecule is C=CC(C)(C)OC(C)C1NC(=O)C(C(C)CC)NC(=O)C2CSC(=N2)C(C)NC(=O)C(C(C)O)NC(=O)C(Cc2ccccc2)NC1=O. The van der Waals surface area contributed by atoms with E-state index in [4.69, 9.17) is 4.74 Å². The molecule has 0 saturated heterocycles. The van der Waals surface area contributed by atoms with Crippen molar-refractivity contribution < 1.29 is 33.8 Å². The molecule has 48 heavy (non-hydrogen) atoms. The second-order valence-electron chi connectivity index (χ2n) is 13.0. The van der Waals surface area contributed by atoms with Gasteiger partial charge in [0.2, 0.25) is 29.5 Å². The van der Waals surface area contributed by atoms with Crippen molar-refractivity contribution in [3.63, 3.8) is 0 Å². The number of aliphatic hydroxyl groups excluding tert-OH is 1. The molecule has 0 saturated carbocycles. The number of fused-ring (bicyclic) bond motifs is 1. The summed E-state index contributed by atoms with van der Waals surface area (Å²) in [6.07, 6.45) is -0.0647. The first-order valence-corrected chi connectivity index (χ1v) is 17.3. The van der Waals surface area contributed by atoms with Crippen molar-refractivity contribution in [1.82, 2.24) is 26.6 Å². The van der Waals surface area contributed by atoms with Gasteiger partial charge in [-0.05, 0) is 46.1 Å². The Balaban J connectivity index is 2.10. The normalized spacial score (nSPS) is 28.2. The highest BCUT2D eigenvalue weighted by molar-refractivity contribution is 8.14. The molecule has 264 valence electrons. The zero-order chi connectivity index (χ0) is 35.8. The van der Waals surface area contributed by atoms with Crippen molar-refractivity contribution in [2.75, 3.05) is 5.75 Å². The van der Waals surface area contributed by atoms with Crippen molar-refractivity contribution in [2.24, 2.45) is 10.9 Å². The van der Waals surface area contributed by atoms with Gasteiger partial charge in [0.25, 0.3) is 0 Å². The highest BCUT2D eigenvalue weighted by Crippen LogP contribution is 2.22. The Morgan fingerprint density at radius 3 is 2.10 bits per heavy atom. The van der Waals surface area contributed by atoms with Crippen LogP contribution in [0.1, 0.15) is 60.5 Å². The zero-order valence-electron chi connectivity index (χ0n) is 28.7. The van der Waals surface area contributed by atoms with Crippen LogP contribution in [0.4, 0.5) is 0 Å². The lowest BCUT2D eigenvalue weighted by molar-refractivity contribution is -0.140. The maximum absolute atomic E-state index is 14.1. The Morgan fingerprint density at radius 2 is 1.50 bits per heavy atom. The summed E-state index contributed by atoms with van der Waals surface area (Å²) in [6.45, 7) is 15.7. The summed E-state index contributed by atoms with van der Waals surface area (Å²) in [5, 5.41) is 24.8. The number of aliphatic hydroxyl groups is 1. The number of thioether (sulfide) groups is 1. The number of aliphatic imine (C=N–C) groups is 1. The van der Waals surface area contributed by atoms with Crippen molar-refractivity contribution in [2.45, 2.75) is 115 Å². The second kappa shape index (κ2) is 17.1. The van der Waals surface area contributed by atoms with E-state index in [1.54, 1.807) is 58.0 Å². The first-order chi connectivity index (χ1) is 22.6. The number of ether oxygens (including phenoxy) is 1. The lowest BCUT2D eigenvalue weighted by atomic mass is 9.97. The van der Waals surface area contributed by atoms with Crippen molar-refractivity contribution >= 4 is 46.3 Å². The number of hydrogen-bond donors (Lipinski definition) is 6. The van der Waals surface area contributed by atoms with E-state index in [1.165, 1.54) is 18.7 Å². The van der Waals surface area contributed by atoms with Crippen molar-refractivity contribution in [3.05, 3.63) is 48.6 Å². The number of benzene rings is 1. The number of nitrogens with one attached hydrogen (secondary N) is 5. The van der Waals surface area contributed by atoms with Gasteiger partial charge < -0.3 is 36.4 Å². The fourth-order valence-electron chi connectivity index (χ4n) is 5.29. The molecule has 0 aromatic heterocycles. The Morgan fingerprint density at radius 1 is 0.917 bits per heavy atom. The Kier molecular flexibility index (Phi) is 13.8. The van der Waals surface area contributed by atoms with Crippen LogP contribution >= 0.6 is 11.8 Å². The van der Waals surface area contributed by atoms with Gasteiger partial charge in [-0.1, -0.05) is 56.7 Å². The monoisotopic (exact) mass is 686 g/mol. The van der Waals surface area contributed by atoms with Gasteiger partial charge in [-0.25, -0.2) is 0 Å². The summed E-state index contributed by atoms with van der Waals surface area (Å²) in [5.41, 5.74) is -0.165. The molecule has 3 rings (SSSR count). The van der Waals surface area contributed by atoms with Crippen LogP contribution in [0, 0.1) is 5.92 Å². The van der Waals surface area contributed by atoms with Gasteiger partial charge in [0.1, 0.15) is 30.2 Å². The number of rotatable bonds is 9. The van der Waals surface area contributed by atoms with Gasteiger partial charge in [-0.15, -0.1) is 18.3 Å². The van der Waals surface area contributed by atoms with E-state index in [2.05, 4.69) is 38.2 Å². The van der Waals surface area contributed by atoms with Crippen molar-refractivity contribution in [1.29, 1.82) is 0 Å². The molecule has 5 amide bonds. The highest BCUT2D eigenvalue weighted by atomic mass is 32.2. The van der Waals surface area contributed by atoms with E-state index in [0.29, 0.717) is 17.2 Å². The lowest BCUT2D eigenvalue weighted by Crippen LogP contribution is -2.63. The molecule has 9 unspecified atom stereocenters. The maximum atomic E-state index is 14.1. The molecule has 1 aromatic rings. The summed E-state index contributed by atoms with van der Waals surface area (Å²) < 4.78 is 6.13. The Bertz CT molecular complexity index is 1370. The molecule has 2 aliphatic heterocycles. The Labute approximate surface area is 286 Å². The van der Waals surface area contributed by atoms with E-state index < -0.39 is 83.6 Å². The topological polar surface area (TPSA) is 187 Å². The number of hydrogen-bond acceptors (Lipinski definition) is 9. The van der Waals surface area contributed by atoms with E-state index in [9.17, 15) is 29.1 Å². The third-order valence-electron chi connectivity index (χ3n) is 8.51. The quantitative estimate of drug-likeness (QED) is 0.208. The van der Waals surface area contributed by atoms with Crippen LogP contribution < -0.4 is 26.6 Å². The molecule has 0 spiro atoms. The first kappa shape index (κ1) is 38.7. The predicted molar refractivity (Wildman–Crippen MR) is 185 cm³/mol. The van der Waals surface area contributed by atoms with Crippen LogP contribution in [0.5, 0.6) is 0 Å². The number of carbonyl (C=O) groups excluding carboxylic acids is 5. The molecule has 6 N–H and O–H groups in total. The van der Waals surface area contributed by atoms with Gasteiger partial charge in [0.05, 0.1) is 28.9 Å². The molecule has 0 aliphatic carbocycles. The average Bonchev–Trinajstić information content (AvgIpc) is 3.54. The maximum Gasteiger partial charge on any atom is 0.246 e. The zero-order valence-corrected chi connectivity index (χ0v) is 29.6. The van der Waals surface area contributed by atoms with Crippen LogP contribution in [-0.2, 0) is 35.1 Å². The lowest BCUT2D eigenvalue weighted by Gasteiger charge is -2.34. The molecule has 2 bridgehead atoms. The minimum Gasteiger partial charge on any atom is -0.391 e. The summed E-state index contributed by atoms with van der Waals surface area (Å²) in [4.78, 5) is 73.2. The van der Waals surface area contributed by atoms with Gasteiger partial charge >= 0.3 is 0 Å². The molecule has 2 heterocycles. The predicted octanol–water partition coefficient (Wildman–Crippen LogP) is 0.997. The van der Waals surface area contributed by atoms with E-state index in [-0.39, 0.29) is 12.3 Å². The molecule has 1 aromatic carbocycles. The minimum absolute atomic E-state index is 0.0391. The third kappa shape index (κ3) is 10.4. The fourth-order valence-corrected chi connectivity index (χ4v) is 6.36. The third-order valence-corrected chi connectivity index (χ3v) is 9.74. The van der Waals surface area contributed by atoms with Gasteiger partial charge in [0, 0.05) is 12.2 Å². The smallest absolute Gasteiger partial charge is 0.246 e. The van der Waals surface area contributed by atoms with Crippen LogP contribution in [0.25, 0.3) is 0 Å². The highest BCUT2D eigenvalue weighted by Gasteiger charge is 2.39. The molecule has 0 fully saturated rings. The molecular formula is C34H50N6O7S. The molecule has 14 heteroatoms. The number of carbonyl (C=O) groups is 5. The largest absolute Gasteiger partial charge is 0.391 e. The summed E-state index contributed by atoms with van der Waals surface area (Å²) in [5.74, 6) is -3.19. The van der Waals surface area contributed by atoms with Crippen LogP contribution in [0.2, 0.25) is 0 Å². The van der Waals surface area contributed by atoms with Crippen molar-refractivity contribution in [3.8, 4) is 0 Å². The van der Waals surface area contributed by atoms with Gasteiger partial charge in [-0.2, -0.15) is 0 Å². The minimum atomic E-state index is -1.37. The van der Waals surface area contributed by atoms with Gasteiger partial charge in [0.15, 0.2) is 0 Å². The second-order valence-corrected chi connectivity index (χ2v) is 14.0. The summed E-state index contributed by atoms with van der Waals surface area (Å²) >= 11 is 1.30. The fraction of sp³-hybridized carbons (Fsp3) is 0.588. The van der Waals surface area contributed by atoms with Crippen LogP contribution in [0.3, 0.4) is 0 Å². The average molecular weight is 687 g/mol. The molecular weight excluding hydrogens is 636 g/mol. The standard InChI is InChI=1S/C34H50N6O7S/c1-9-18(3)25-30(44)40-27(21(6)47-34(7,8)10-2)32(46)36-23(16-22-14-12-11-13-15-22)28(42)39-26(20(5)41)31(45)35-19(4)33-37-24(17-48-33)29(43)38-25/h10-15,18-21,23-27,41H,2,9,16-17H2,1,3-8H3,(H,35,45)(H,36,46)(H,38,43)(H,39,42)(H,40,44). The van der Waals surface area contributed by atoms with Gasteiger partial charge in [-0.3, -0.25) is 29.0 Å². The molecule has 2 aliphatic rings. The van der Waals surface area contributed by atoms with Crippen LogP contribution in [-0.4, -0.2) is 99.5 Å². The van der Waals surface area contributed by atoms with E-state index in [1.807, 2.05) is 19.9 Å². The Hall–Kier alpha value is -3.75.